The van der Waals surface area contributed by atoms with E-state index in [9.17, 15) is 5.11 Å². The van der Waals surface area contributed by atoms with E-state index in [0.717, 1.165) is 16.8 Å². The summed E-state index contributed by atoms with van der Waals surface area (Å²) in [7, 11) is 1.79. The topological polar surface area (TPSA) is 78.2 Å². The van der Waals surface area contributed by atoms with Crippen molar-refractivity contribution in [2.45, 2.75) is 46.0 Å². The van der Waals surface area contributed by atoms with Crippen LogP contribution in [0.4, 0.5) is 5.69 Å². The zero-order chi connectivity index (χ0) is 14.6. The van der Waals surface area contributed by atoms with Crippen LogP contribution in [0.15, 0.2) is 12.4 Å². The van der Waals surface area contributed by atoms with Crippen LogP contribution in [0.5, 0.6) is 0 Å². The van der Waals surface area contributed by atoms with Crippen LogP contribution in [0.3, 0.4) is 0 Å². The first-order chi connectivity index (χ1) is 8.74. The molecule has 1 aromatic rings. The zero-order valence-electron chi connectivity index (χ0n) is 12.2. The molecule has 3 N–H and O–H groups in total. The van der Waals surface area contributed by atoms with E-state index in [1.807, 2.05) is 20.8 Å². The molecule has 5 nitrogen and oxygen atoms in total. The largest absolute Gasteiger partial charge is 0.387 e. The lowest BCUT2D eigenvalue weighted by atomic mass is 10.0. The number of aromatic nitrogens is 1. The lowest BCUT2D eigenvalue weighted by molar-refractivity contribution is -0.163. The minimum Gasteiger partial charge on any atom is -0.387 e. The van der Waals surface area contributed by atoms with Gasteiger partial charge in [-0.1, -0.05) is 0 Å². The van der Waals surface area contributed by atoms with E-state index in [4.69, 9.17) is 10.1 Å². The van der Waals surface area contributed by atoms with E-state index < -0.39 is 11.9 Å². The van der Waals surface area contributed by atoms with E-state index in [-0.39, 0.29) is 0 Å². The number of aliphatic hydroxyl groups is 1. The Morgan fingerprint density at radius 2 is 2.11 bits per heavy atom. The Balaban J connectivity index is 2.95. The molecule has 0 bridgehead atoms. The average molecular weight is 265 g/mol. The van der Waals surface area contributed by atoms with Crippen molar-refractivity contribution in [3.63, 3.8) is 0 Å². The molecule has 0 radical (unpaired) electrons. The predicted octanol–water partition coefficient (Wildman–Crippen LogP) is 2.19. The molecular formula is C14H23N3O2. The molecule has 106 valence electrons. The Morgan fingerprint density at radius 3 is 2.58 bits per heavy atom. The summed E-state index contributed by atoms with van der Waals surface area (Å²) in [5.41, 5.74) is 2.43. The van der Waals surface area contributed by atoms with Crippen LogP contribution in [-0.4, -0.2) is 34.7 Å². The van der Waals surface area contributed by atoms with Gasteiger partial charge in [0.25, 0.3) is 0 Å². The summed E-state index contributed by atoms with van der Waals surface area (Å²) in [6, 6.07) is 0. The van der Waals surface area contributed by atoms with Gasteiger partial charge in [0.15, 0.2) is 6.29 Å². The summed E-state index contributed by atoms with van der Waals surface area (Å²) in [5, 5.41) is 20.8. The van der Waals surface area contributed by atoms with Crippen LogP contribution in [-0.2, 0) is 11.2 Å². The quantitative estimate of drug-likeness (QED) is 0.563. The highest BCUT2D eigenvalue weighted by molar-refractivity contribution is 6.01. The second-order valence-corrected chi connectivity index (χ2v) is 5.49. The molecule has 0 aliphatic rings. The molecule has 1 aromatic heterocycles. The van der Waals surface area contributed by atoms with Gasteiger partial charge in [0, 0.05) is 42.8 Å². The summed E-state index contributed by atoms with van der Waals surface area (Å²) in [5.74, 6) is 0. The molecule has 0 saturated heterocycles. The fourth-order valence-electron chi connectivity index (χ4n) is 1.88. The average Bonchev–Trinajstić information content (AvgIpc) is 2.25. The molecule has 1 rings (SSSR count). The first kappa shape index (κ1) is 15.6. The lowest BCUT2D eigenvalue weighted by Crippen LogP contribution is -2.29. The van der Waals surface area contributed by atoms with Crippen LogP contribution in [0, 0.1) is 5.41 Å². The van der Waals surface area contributed by atoms with Crippen molar-refractivity contribution in [2.75, 3.05) is 12.4 Å². The molecule has 19 heavy (non-hydrogen) atoms. The predicted molar refractivity (Wildman–Crippen MR) is 76.8 cm³/mol. The molecule has 0 amide bonds. The highest BCUT2D eigenvalue weighted by atomic mass is 16.6. The van der Waals surface area contributed by atoms with Crippen molar-refractivity contribution >= 4 is 11.4 Å². The maximum Gasteiger partial charge on any atom is 0.159 e. The molecule has 0 saturated carbocycles. The van der Waals surface area contributed by atoms with Crippen LogP contribution in [0.1, 0.15) is 38.8 Å². The number of hydrogen-bond donors (Lipinski definition) is 3. The standard InChI is InChI=1S/C14H23N3O2/c1-9(15)11-8-17-7-10(13(11)16-5)6-12(18)19-14(2,3)4/h7-8,12,15,18H,6H2,1-5H3,(H,16,17). The smallest absolute Gasteiger partial charge is 0.159 e. The third-order valence-electron chi connectivity index (χ3n) is 2.56. The maximum absolute atomic E-state index is 9.96. The Labute approximate surface area is 114 Å². The van der Waals surface area contributed by atoms with E-state index in [2.05, 4.69) is 10.3 Å². The van der Waals surface area contributed by atoms with Crippen LogP contribution < -0.4 is 5.32 Å². The molecule has 1 unspecified atom stereocenters. The van der Waals surface area contributed by atoms with Crippen molar-refractivity contribution in [2.24, 2.45) is 0 Å². The van der Waals surface area contributed by atoms with Crippen LogP contribution >= 0.6 is 0 Å². The van der Waals surface area contributed by atoms with Crippen molar-refractivity contribution in [3.8, 4) is 0 Å². The second kappa shape index (κ2) is 6.12. The molecule has 0 spiro atoms. The third kappa shape index (κ3) is 4.61. The number of ether oxygens (including phenoxy) is 1. The summed E-state index contributed by atoms with van der Waals surface area (Å²) < 4.78 is 5.49. The normalized spacial score (nSPS) is 13.2. The summed E-state index contributed by atoms with van der Waals surface area (Å²) >= 11 is 0. The second-order valence-electron chi connectivity index (χ2n) is 5.49. The number of rotatable bonds is 5. The van der Waals surface area contributed by atoms with E-state index in [1.165, 1.54) is 0 Å². The van der Waals surface area contributed by atoms with Gasteiger partial charge in [-0.25, -0.2) is 0 Å². The van der Waals surface area contributed by atoms with E-state index in [1.54, 1.807) is 26.4 Å². The van der Waals surface area contributed by atoms with E-state index in [0.29, 0.717) is 12.1 Å². The van der Waals surface area contributed by atoms with Gasteiger partial charge in [-0.2, -0.15) is 0 Å². The number of hydrogen-bond acceptors (Lipinski definition) is 5. The van der Waals surface area contributed by atoms with Crippen molar-refractivity contribution in [3.05, 3.63) is 23.5 Å². The molecule has 0 aliphatic carbocycles. The number of aliphatic hydroxyl groups excluding tert-OH is 1. The first-order valence-electron chi connectivity index (χ1n) is 6.30. The molecule has 0 fully saturated rings. The van der Waals surface area contributed by atoms with Crippen molar-refractivity contribution in [1.82, 2.24) is 4.98 Å². The highest BCUT2D eigenvalue weighted by Crippen LogP contribution is 2.22. The number of nitrogens with zero attached hydrogens (tertiary/aromatic N) is 1. The van der Waals surface area contributed by atoms with Gasteiger partial charge in [-0.3, -0.25) is 4.98 Å². The van der Waals surface area contributed by atoms with Gasteiger partial charge >= 0.3 is 0 Å². The molecule has 0 aliphatic heterocycles. The summed E-state index contributed by atoms with van der Waals surface area (Å²) in [6.07, 6.45) is 2.78. The number of nitrogens with one attached hydrogen (secondary N) is 2. The molecule has 5 heteroatoms. The summed E-state index contributed by atoms with van der Waals surface area (Å²) in [4.78, 5) is 4.12. The number of pyridine rings is 1. The molecule has 0 aromatic carbocycles. The Hall–Kier alpha value is -1.46. The fourth-order valence-corrected chi connectivity index (χ4v) is 1.88. The monoisotopic (exact) mass is 265 g/mol. The molecule has 1 atom stereocenters. The van der Waals surface area contributed by atoms with Crippen LogP contribution in [0.2, 0.25) is 0 Å². The highest BCUT2D eigenvalue weighted by Gasteiger charge is 2.19. The SMILES string of the molecule is CNc1c(CC(O)OC(C)(C)C)cncc1C(C)=N. The number of anilines is 1. The minimum atomic E-state index is -0.893. The fraction of sp³-hybridized carbons (Fsp3) is 0.571. The third-order valence-corrected chi connectivity index (χ3v) is 2.56. The minimum absolute atomic E-state index is 0.335. The van der Waals surface area contributed by atoms with Gasteiger partial charge in [0.1, 0.15) is 0 Å². The molecule has 1 heterocycles. The van der Waals surface area contributed by atoms with Gasteiger partial charge in [-0.15, -0.1) is 0 Å². The van der Waals surface area contributed by atoms with E-state index >= 15 is 0 Å². The Morgan fingerprint density at radius 1 is 1.47 bits per heavy atom. The van der Waals surface area contributed by atoms with Crippen molar-refractivity contribution in [1.29, 1.82) is 5.41 Å². The summed E-state index contributed by atoms with van der Waals surface area (Å²) in [6.45, 7) is 7.40. The van der Waals surface area contributed by atoms with Gasteiger partial charge in [0.2, 0.25) is 0 Å². The lowest BCUT2D eigenvalue weighted by Gasteiger charge is -2.24. The zero-order valence-corrected chi connectivity index (χ0v) is 12.2. The Kier molecular flexibility index (Phi) is 5.03. The molecular weight excluding hydrogens is 242 g/mol. The Bertz CT molecular complexity index is 452. The van der Waals surface area contributed by atoms with Gasteiger partial charge < -0.3 is 20.6 Å². The van der Waals surface area contributed by atoms with Gasteiger partial charge in [-0.05, 0) is 33.3 Å². The van der Waals surface area contributed by atoms with Crippen LogP contribution in [0.25, 0.3) is 0 Å². The first-order valence-corrected chi connectivity index (χ1v) is 6.30. The van der Waals surface area contributed by atoms with Gasteiger partial charge in [0.05, 0.1) is 5.60 Å². The maximum atomic E-state index is 9.96. The van der Waals surface area contributed by atoms with Crippen molar-refractivity contribution < 1.29 is 9.84 Å².